The Morgan fingerprint density at radius 3 is 3.00 bits per heavy atom. The number of carbonyl (C=O) groups is 1. The first-order valence-electron chi connectivity index (χ1n) is 6.90. The Balaban J connectivity index is 2.02. The van der Waals surface area contributed by atoms with Gasteiger partial charge in [0.2, 0.25) is 0 Å². The molecule has 0 spiro atoms. The monoisotopic (exact) mass is 246 g/mol. The molecule has 1 heterocycles. The van der Waals surface area contributed by atoms with E-state index >= 15 is 0 Å². The lowest BCUT2D eigenvalue weighted by Crippen LogP contribution is -2.35. The topological polar surface area (TPSA) is 41.1 Å². The molecule has 1 amide bonds. The lowest BCUT2D eigenvalue weighted by molar-refractivity contribution is 0.0933. The lowest BCUT2D eigenvalue weighted by Gasteiger charge is -2.17. The van der Waals surface area contributed by atoms with Crippen molar-refractivity contribution in [2.75, 3.05) is 13.1 Å². The van der Waals surface area contributed by atoms with E-state index in [1.807, 2.05) is 24.3 Å². The molecule has 0 aromatic heterocycles. The van der Waals surface area contributed by atoms with Crippen LogP contribution in [0.4, 0.5) is 0 Å². The van der Waals surface area contributed by atoms with Crippen LogP contribution in [0.2, 0.25) is 0 Å². The van der Waals surface area contributed by atoms with Crippen LogP contribution >= 0.6 is 0 Å². The van der Waals surface area contributed by atoms with Gasteiger partial charge in [0.15, 0.2) is 0 Å². The van der Waals surface area contributed by atoms with E-state index in [1.54, 1.807) is 0 Å². The maximum absolute atomic E-state index is 12.3. The van der Waals surface area contributed by atoms with Gasteiger partial charge in [0, 0.05) is 11.6 Å². The Bertz CT molecular complexity index is 395. The molecule has 0 aliphatic carbocycles. The van der Waals surface area contributed by atoms with E-state index in [0.29, 0.717) is 6.04 Å². The molecule has 1 aromatic rings. The van der Waals surface area contributed by atoms with E-state index in [0.717, 1.165) is 49.9 Å². The van der Waals surface area contributed by atoms with Crippen LogP contribution in [0.25, 0.3) is 0 Å². The summed E-state index contributed by atoms with van der Waals surface area (Å²) in [7, 11) is 0. The van der Waals surface area contributed by atoms with E-state index < -0.39 is 0 Å². The molecule has 18 heavy (non-hydrogen) atoms. The summed E-state index contributed by atoms with van der Waals surface area (Å²) < 4.78 is 0. The van der Waals surface area contributed by atoms with Gasteiger partial charge in [0.1, 0.15) is 0 Å². The highest BCUT2D eigenvalue weighted by Gasteiger charge is 2.16. The van der Waals surface area contributed by atoms with Crippen molar-refractivity contribution in [3.8, 4) is 0 Å². The number of hydrogen-bond donors (Lipinski definition) is 2. The number of amides is 1. The zero-order valence-electron chi connectivity index (χ0n) is 11.0. The quantitative estimate of drug-likeness (QED) is 0.857. The minimum atomic E-state index is 0.0827. The smallest absolute Gasteiger partial charge is 0.251 e. The minimum Gasteiger partial charge on any atom is -0.349 e. The maximum Gasteiger partial charge on any atom is 0.251 e. The molecule has 1 aliphatic heterocycles. The van der Waals surface area contributed by atoms with Gasteiger partial charge in [-0.3, -0.25) is 4.79 Å². The van der Waals surface area contributed by atoms with Crippen LogP contribution in [0.5, 0.6) is 0 Å². The summed E-state index contributed by atoms with van der Waals surface area (Å²) in [6.45, 7) is 4.15. The third-order valence-electron chi connectivity index (χ3n) is 3.55. The first-order valence-corrected chi connectivity index (χ1v) is 6.90. The molecule has 3 nitrogen and oxygen atoms in total. The van der Waals surface area contributed by atoms with Gasteiger partial charge in [-0.1, -0.05) is 25.1 Å². The number of rotatable bonds is 3. The summed E-state index contributed by atoms with van der Waals surface area (Å²) in [6, 6.07) is 8.19. The molecule has 98 valence electrons. The lowest BCUT2D eigenvalue weighted by atomic mass is 10.0. The highest BCUT2D eigenvalue weighted by Crippen LogP contribution is 2.11. The number of hydrogen-bond acceptors (Lipinski definition) is 2. The van der Waals surface area contributed by atoms with Crippen LogP contribution in [-0.2, 0) is 6.42 Å². The Hall–Kier alpha value is -1.35. The summed E-state index contributed by atoms with van der Waals surface area (Å²) in [5, 5.41) is 6.53. The third-order valence-corrected chi connectivity index (χ3v) is 3.55. The largest absolute Gasteiger partial charge is 0.349 e. The molecule has 1 saturated heterocycles. The molecule has 2 N–H and O–H groups in total. The van der Waals surface area contributed by atoms with Crippen molar-refractivity contribution >= 4 is 5.91 Å². The maximum atomic E-state index is 12.3. The van der Waals surface area contributed by atoms with Crippen LogP contribution in [0.1, 0.15) is 42.1 Å². The molecule has 3 heteroatoms. The molecule has 0 radical (unpaired) electrons. The van der Waals surface area contributed by atoms with Gasteiger partial charge < -0.3 is 10.6 Å². The van der Waals surface area contributed by atoms with Crippen molar-refractivity contribution in [2.24, 2.45) is 0 Å². The first-order chi connectivity index (χ1) is 8.81. The summed E-state index contributed by atoms with van der Waals surface area (Å²) in [6.07, 6.45) is 4.14. The summed E-state index contributed by atoms with van der Waals surface area (Å²) in [4.78, 5) is 12.3. The first kappa shape index (κ1) is 13.1. The average molecular weight is 246 g/mol. The van der Waals surface area contributed by atoms with Crippen molar-refractivity contribution in [3.63, 3.8) is 0 Å². The average Bonchev–Trinajstić information content (AvgIpc) is 2.67. The molecular weight excluding hydrogens is 224 g/mol. The fourth-order valence-corrected chi connectivity index (χ4v) is 2.48. The van der Waals surface area contributed by atoms with Crippen LogP contribution < -0.4 is 10.6 Å². The van der Waals surface area contributed by atoms with Crippen LogP contribution in [0.3, 0.4) is 0 Å². The van der Waals surface area contributed by atoms with Crippen molar-refractivity contribution < 1.29 is 4.79 Å². The van der Waals surface area contributed by atoms with E-state index in [2.05, 4.69) is 17.6 Å². The highest BCUT2D eigenvalue weighted by molar-refractivity contribution is 5.95. The predicted molar refractivity (Wildman–Crippen MR) is 73.8 cm³/mol. The molecule has 1 aromatic carbocycles. The van der Waals surface area contributed by atoms with Gasteiger partial charge in [0.25, 0.3) is 5.91 Å². The SMILES string of the molecule is CCc1ccccc1C(=O)NC1CCCNCC1. The Morgan fingerprint density at radius 1 is 1.33 bits per heavy atom. The number of benzene rings is 1. The van der Waals surface area contributed by atoms with Gasteiger partial charge in [-0.2, -0.15) is 0 Å². The van der Waals surface area contributed by atoms with Gasteiger partial charge in [-0.05, 0) is 50.4 Å². The second kappa shape index (κ2) is 6.55. The molecule has 1 aliphatic rings. The van der Waals surface area contributed by atoms with E-state index in [4.69, 9.17) is 0 Å². The van der Waals surface area contributed by atoms with Gasteiger partial charge in [-0.25, -0.2) is 0 Å². The van der Waals surface area contributed by atoms with Crippen molar-refractivity contribution in [3.05, 3.63) is 35.4 Å². The van der Waals surface area contributed by atoms with Crippen LogP contribution in [-0.4, -0.2) is 25.0 Å². The fraction of sp³-hybridized carbons (Fsp3) is 0.533. The normalized spacial score (nSPS) is 20.2. The van der Waals surface area contributed by atoms with Crippen molar-refractivity contribution in [1.82, 2.24) is 10.6 Å². The van der Waals surface area contributed by atoms with Gasteiger partial charge in [0.05, 0.1) is 0 Å². The molecule has 2 rings (SSSR count). The second-order valence-electron chi connectivity index (χ2n) is 4.86. The van der Waals surface area contributed by atoms with Crippen LogP contribution in [0, 0.1) is 0 Å². The number of aryl methyl sites for hydroxylation is 1. The standard InChI is InChI=1S/C15H22N2O/c1-2-12-6-3-4-8-14(12)15(18)17-13-7-5-10-16-11-9-13/h3-4,6,8,13,16H,2,5,7,9-11H2,1H3,(H,17,18). The molecule has 1 fully saturated rings. The summed E-state index contributed by atoms with van der Waals surface area (Å²) in [5.74, 6) is 0.0827. The van der Waals surface area contributed by atoms with E-state index in [-0.39, 0.29) is 5.91 Å². The highest BCUT2D eigenvalue weighted by atomic mass is 16.1. The number of carbonyl (C=O) groups excluding carboxylic acids is 1. The fourth-order valence-electron chi connectivity index (χ4n) is 2.48. The van der Waals surface area contributed by atoms with Gasteiger partial charge in [-0.15, -0.1) is 0 Å². The van der Waals surface area contributed by atoms with E-state index in [1.165, 1.54) is 0 Å². The van der Waals surface area contributed by atoms with Crippen molar-refractivity contribution in [1.29, 1.82) is 0 Å². The zero-order chi connectivity index (χ0) is 12.8. The summed E-state index contributed by atoms with van der Waals surface area (Å²) in [5.41, 5.74) is 1.96. The number of nitrogens with one attached hydrogen (secondary N) is 2. The second-order valence-corrected chi connectivity index (χ2v) is 4.86. The predicted octanol–water partition coefficient (Wildman–Crippen LogP) is 2.12. The van der Waals surface area contributed by atoms with E-state index in [9.17, 15) is 4.79 Å². The Labute approximate surface area is 109 Å². The van der Waals surface area contributed by atoms with Crippen molar-refractivity contribution in [2.45, 2.75) is 38.6 Å². The summed E-state index contributed by atoms with van der Waals surface area (Å²) >= 11 is 0. The molecule has 0 bridgehead atoms. The minimum absolute atomic E-state index is 0.0827. The molecule has 1 unspecified atom stereocenters. The molecule has 1 atom stereocenters. The molecular formula is C15H22N2O. The zero-order valence-corrected chi connectivity index (χ0v) is 11.0. The third kappa shape index (κ3) is 3.33. The Kier molecular flexibility index (Phi) is 4.76. The Morgan fingerprint density at radius 2 is 2.17 bits per heavy atom. The molecule has 0 saturated carbocycles. The van der Waals surface area contributed by atoms with Crippen LogP contribution in [0.15, 0.2) is 24.3 Å². The van der Waals surface area contributed by atoms with Gasteiger partial charge >= 0.3 is 0 Å².